The standard InChI is InChI=1S/C29H40FN5O12S/c1-19(2)27-25(28(20-7-9-21(30)10-8-20)32-29(31-27)34(3)48(4,42)43)12-11-22(36)15-23(37)16-26(38)45-14-6-5-13-44-17-24(18-46-33-39)47-35(40)41/h7-12,19,22-24,36-37H,5-6,13-18H2,1-4H3/b12-11+. The average molecular weight is 702 g/mol. The molecule has 2 rings (SSSR count). The summed E-state index contributed by atoms with van der Waals surface area (Å²) in [6, 6.07) is 5.43. The van der Waals surface area contributed by atoms with Crippen molar-refractivity contribution in [1.82, 2.24) is 9.97 Å². The number of sulfonamides is 1. The molecule has 1 aromatic heterocycles. The van der Waals surface area contributed by atoms with Crippen LogP contribution in [-0.2, 0) is 34.0 Å². The molecule has 0 saturated carbocycles. The molecule has 0 aliphatic rings. The first kappa shape index (κ1) is 39.8. The summed E-state index contributed by atoms with van der Waals surface area (Å²) in [5.41, 5.74) is 1.68. The average Bonchev–Trinajstić information content (AvgIpc) is 3.00. The van der Waals surface area contributed by atoms with Gasteiger partial charge in [-0.05, 0) is 43.0 Å². The zero-order chi connectivity index (χ0) is 35.9. The van der Waals surface area contributed by atoms with E-state index >= 15 is 0 Å². The molecule has 3 unspecified atom stereocenters. The van der Waals surface area contributed by atoms with Crippen molar-refractivity contribution < 1.29 is 52.1 Å². The maximum absolute atomic E-state index is 13.7. The third kappa shape index (κ3) is 13.8. The van der Waals surface area contributed by atoms with Gasteiger partial charge in [-0.3, -0.25) is 4.79 Å². The Balaban J connectivity index is 1.98. The number of halogens is 1. The molecule has 2 aromatic rings. The van der Waals surface area contributed by atoms with Crippen LogP contribution in [0.3, 0.4) is 0 Å². The van der Waals surface area contributed by atoms with Crippen molar-refractivity contribution >= 4 is 28.0 Å². The number of esters is 1. The molecule has 1 aromatic carbocycles. The van der Waals surface area contributed by atoms with Gasteiger partial charge in [-0.1, -0.05) is 26.0 Å². The number of hydrogen-bond donors (Lipinski definition) is 2. The minimum absolute atomic E-state index is 0.0129. The first-order valence-corrected chi connectivity index (χ1v) is 16.6. The smallest absolute Gasteiger partial charge is 0.308 e. The molecule has 2 N–H and O–H groups in total. The summed E-state index contributed by atoms with van der Waals surface area (Å²) in [6.45, 7) is 3.15. The normalized spacial score (nSPS) is 13.6. The Morgan fingerprint density at radius 1 is 1.15 bits per heavy atom. The number of carbonyl (C=O) groups is 1. The van der Waals surface area contributed by atoms with Crippen molar-refractivity contribution in [2.24, 2.45) is 5.34 Å². The topological polar surface area (TPSA) is 230 Å². The molecule has 0 radical (unpaired) electrons. The van der Waals surface area contributed by atoms with Gasteiger partial charge in [0.05, 0.1) is 49.5 Å². The van der Waals surface area contributed by atoms with E-state index in [1.807, 2.05) is 13.8 Å². The molecule has 19 heteroatoms. The number of unbranched alkanes of at least 4 members (excludes halogenated alkanes) is 1. The van der Waals surface area contributed by atoms with Crippen LogP contribution in [0, 0.1) is 20.8 Å². The van der Waals surface area contributed by atoms with Gasteiger partial charge in [-0.15, -0.1) is 15.0 Å². The van der Waals surface area contributed by atoms with Gasteiger partial charge in [-0.25, -0.2) is 27.1 Å². The first-order chi connectivity index (χ1) is 22.6. The van der Waals surface area contributed by atoms with Crippen molar-refractivity contribution in [3.63, 3.8) is 0 Å². The Kier molecular flexibility index (Phi) is 16.2. The zero-order valence-electron chi connectivity index (χ0n) is 26.9. The molecule has 0 bridgehead atoms. The highest BCUT2D eigenvalue weighted by molar-refractivity contribution is 7.92. The van der Waals surface area contributed by atoms with Crippen LogP contribution in [-0.4, -0.2) is 97.7 Å². The second-order valence-corrected chi connectivity index (χ2v) is 12.9. The minimum Gasteiger partial charge on any atom is -0.466 e. The fraction of sp³-hybridized carbons (Fsp3) is 0.552. The lowest BCUT2D eigenvalue weighted by atomic mass is 9.97. The molecule has 1 heterocycles. The summed E-state index contributed by atoms with van der Waals surface area (Å²) >= 11 is 0. The second kappa shape index (κ2) is 19.5. The van der Waals surface area contributed by atoms with E-state index in [0.29, 0.717) is 35.4 Å². The maximum Gasteiger partial charge on any atom is 0.308 e. The first-order valence-electron chi connectivity index (χ1n) is 14.8. The van der Waals surface area contributed by atoms with Crippen molar-refractivity contribution in [2.75, 3.05) is 44.0 Å². The van der Waals surface area contributed by atoms with Gasteiger partial charge in [0.1, 0.15) is 12.4 Å². The lowest BCUT2D eigenvalue weighted by molar-refractivity contribution is -0.769. The van der Waals surface area contributed by atoms with E-state index in [-0.39, 0.29) is 44.5 Å². The largest absolute Gasteiger partial charge is 0.466 e. The van der Waals surface area contributed by atoms with E-state index in [4.69, 9.17) is 9.47 Å². The number of benzene rings is 1. The van der Waals surface area contributed by atoms with Crippen molar-refractivity contribution in [2.45, 2.75) is 63.8 Å². The summed E-state index contributed by atoms with van der Waals surface area (Å²) in [6.07, 6.45) is 0.541. The third-order valence-corrected chi connectivity index (χ3v) is 7.76. The number of carbonyl (C=O) groups excluding carboxylic acids is 1. The predicted octanol–water partition coefficient (Wildman–Crippen LogP) is 2.93. The lowest BCUT2D eigenvalue weighted by Crippen LogP contribution is -2.27. The van der Waals surface area contributed by atoms with Crippen LogP contribution in [0.25, 0.3) is 17.3 Å². The molecule has 0 aliphatic heterocycles. The second-order valence-electron chi connectivity index (χ2n) is 10.9. The molecule has 266 valence electrons. The van der Waals surface area contributed by atoms with Crippen LogP contribution in [0.1, 0.15) is 56.7 Å². The molecule has 0 saturated heterocycles. The van der Waals surface area contributed by atoms with E-state index in [2.05, 4.69) is 25.0 Å². The zero-order valence-corrected chi connectivity index (χ0v) is 27.7. The minimum atomic E-state index is -3.70. The molecule has 17 nitrogen and oxygen atoms in total. The van der Waals surface area contributed by atoms with Crippen molar-refractivity contribution in [3.8, 4) is 11.3 Å². The van der Waals surface area contributed by atoms with Gasteiger partial charge in [0.25, 0.3) is 5.09 Å². The Hall–Kier alpha value is -4.33. The quantitative estimate of drug-likeness (QED) is 0.0591. The molecule has 48 heavy (non-hydrogen) atoms. The Morgan fingerprint density at radius 3 is 2.42 bits per heavy atom. The number of aromatic nitrogens is 2. The van der Waals surface area contributed by atoms with E-state index in [0.717, 1.165) is 10.6 Å². The fourth-order valence-electron chi connectivity index (χ4n) is 4.15. The van der Waals surface area contributed by atoms with Crippen LogP contribution < -0.4 is 4.31 Å². The summed E-state index contributed by atoms with van der Waals surface area (Å²) in [5, 5.41) is 32.6. The summed E-state index contributed by atoms with van der Waals surface area (Å²) < 4.78 is 49.4. The number of hydrogen-bond acceptors (Lipinski definition) is 15. The van der Waals surface area contributed by atoms with Crippen molar-refractivity contribution in [3.05, 3.63) is 62.4 Å². The van der Waals surface area contributed by atoms with E-state index in [9.17, 15) is 42.8 Å². The summed E-state index contributed by atoms with van der Waals surface area (Å²) in [5.74, 6) is -1.48. The number of rotatable bonds is 22. The van der Waals surface area contributed by atoms with Crippen LogP contribution in [0.4, 0.5) is 10.3 Å². The predicted molar refractivity (Wildman–Crippen MR) is 170 cm³/mol. The molecule has 0 aliphatic carbocycles. The van der Waals surface area contributed by atoms with Crippen LogP contribution >= 0.6 is 0 Å². The van der Waals surface area contributed by atoms with Crippen LogP contribution in [0.15, 0.2) is 35.7 Å². The summed E-state index contributed by atoms with van der Waals surface area (Å²) in [7, 11) is -2.39. The van der Waals surface area contributed by atoms with Gasteiger partial charge in [0.2, 0.25) is 16.0 Å². The number of anilines is 1. The highest BCUT2D eigenvalue weighted by atomic mass is 32.2. The molecule has 0 fully saturated rings. The van der Waals surface area contributed by atoms with Crippen LogP contribution in [0.5, 0.6) is 0 Å². The molecular weight excluding hydrogens is 661 g/mol. The number of nitrogens with zero attached hydrogens (tertiary/aromatic N) is 5. The Bertz CT molecular complexity index is 1490. The van der Waals surface area contributed by atoms with Gasteiger partial charge in [-0.2, -0.15) is 0 Å². The van der Waals surface area contributed by atoms with E-state index in [1.54, 1.807) is 0 Å². The maximum atomic E-state index is 13.7. The highest BCUT2D eigenvalue weighted by Crippen LogP contribution is 2.31. The molecule has 3 atom stereocenters. The van der Waals surface area contributed by atoms with Gasteiger partial charge >= 0.3 is 5.97 Å². The van der Waals surface area contributed by atoms with Crippen LogP contribution in [0.2, 0.25) is 0 Å². The molecule has 0 amide bonds. The molecular formula is C29H40FN5O12S. The summed E-state index contributed by atoms with van der Waals surface area (Å²) in [4.78, 5) is 50.0. The van der Waals surface area contributed by atoms with E-state index in [1.165, 1.54) is 43.5 Å². The number of ether oxygens (including phenoxy) is 2. The van der Waals surface area contributed by atoms with Gasteiger partial charge in [0, 0.05) is 31.2 Å². The Labute approximate surface area is 276 Å². The molecule has 0 spiro atoms. The van der Waals surface area contributed by atoms with Gasteiger partial charge in [0.15, 0.2) is 11.4 Å². The van der Waals surface area contributed by atoms with E-state index < -0.39 is 51.8 Å². The highest BCUT2D eigenvalue weighted by Gasteiger charge is 2.23. The monoisotopic (exact) mass is 701 g/mol. The third-order valence-electron chi connectivity index (χ3n) is 6.61. The van der Waals surface area contributed by atoms with Crippen molar-refractivity contribution in [1.29, 1.82) is 0 Å². The SMILES string of the molecule is CC(C)c1nc(N(C)S(C)(=O)=O)nc(-c2ccc(F)cc2)c1/C=C/C(O)CC(O)CC(=O)OCCCCOCC(CON=O)O[N+](=O)[O-]. The number of aliphatic hydroxyl groups excluding tert-OH is 2. The Morgan fingerprint density at radius 2 is 1.81 bits per heavy atom. The number of aliphatic hydroxyl groups is 2. The van der Waals surface area contributed by atoms with Gasteiger partial charge < -0.3 is 29.4 Å². The fourth-order valence-corrected chi connectivity index (χ4v) is 4.52. The lowest BCUT2D eigenvalue weighted by Gasteiger charge is -2.20.